The van der Waals surface area contributed by atoms with Gasteiger partial charge in [0, 0.05) is 12.2 Å². The molecule has 0 aliphatic heterocycles. The first-order valence-electron chi connectivity index (χ1n) is 5.29. The zero-order chi connectivity index (χ0) is 15.6. The molecule has 0 aromatic heterocycles. The number of rotatable bonds is 3. The number of anilines is 1. The summed E-state index contributed by atoms with van der Waals surface area (Å²) in [6, 6.07) is 5.39. The number of carbonyl (C=O) groups excluding carboxylic acids is 1. The third-order valence-corrected chi connectivity index (χ3v) is 2.41. The number of hydrogen-bond acceptors (Lipinski definition) is 2. The van der Waals surface area contributed by atoms with E-state index in [1.54, 1.807) is 5.32 Å². The van der Waals surface area contributed by atoms with Crippen LogP contribution in [0.5, 0.6) is 0 Å². The Balaban J connectivity index is 3.04. The number of hydrogen-bond donors (Lipinski definition) is 2. The molecule has 0 aliphatic carbocycles. The molecule has 0 saturated heterocycles. The predicted molar refractivity (Wildman–Crippen MR) is 58.6 cm³/mol. The maximum absolute atomic E-state index is 12.3. The first-order valence-corrected chi connectivity index (χ1v) is 5.29. The molecule has 0 fully saturated rings. The maximum Gasteiger partial charge on any atom is 0.409 e. The molecule has 112 valence electrons. The van der Waals surface area contributed by atoms with Gasteiger partial charge in [-0.3, -0.25) is 4.79 Å². The maximum atomic E-state index is 12.3. The largest absolute Gasteiger partial charge is 0.409 e. The quantitative estimate of drug-likeness (QED) is 0.843. The molecule has 20 heavy (non-hydrogen) atoms. The molecule has 3 nitrogen and oxygen atoms in total. The van der Waals surface area contributed by atoms with Crippen LogP contribution < -0.4 is 11.1 Å². The Morgan fingerprint density at radius 1 is 1.10 bits per heavy atom. The molecule has 0 spiro atoms. The van der Waals surface area contributed by atoms with E-state index >= 15 is 0 Å². The number of nitrogens with one attached hydrogen (secondary N) is 1. The van der Waals surface area contributed by atoms with Gasteiger partial charge >= 0.3 is 12.4 Å². The van der Waals surface area contributed by atoms with Crippen LogP contribution in [0.4, 0.5) is 32.0 Å². The molecule has 1 rings (SSSR count). The first-order chi connectivity index (χ1) is 9.07. The monoisotopic (exact) mass is 300 g/mol. The van der Waals surface area contributed by atoms with E-state index < -0.39 is 24.2 Å². The summed E-state index contributed by atoms with van der Waals surface area (Å²) in [5.41, 5.74) is 5.32. The van der Waals surface area contributed by atoms with Crippen molar-refractivity contribution in [3.8, 4) is 0 Å². The fourth-order valence-electron chi connectivity index (χ4n) is 1.51. The highest BCUT2D eigenvalue weighted by atomic mass is 19.4. The molecule has 0 aliphatic rings. The summed E-state index contributed by atoms with van der Waals surface area (Å²) in [7, 11) is 0. The third-order valence-electron chi connectivity index (χ3n) is 2.41. The van der Waals surface area contributed by atoms with Gasteiger partial charge in [0.2, 0.25) is 11.8 Å². The van der Waals surface area contributed by atoms with Crippen molar-refractivity contribution in [2.45, 2.75) is 18.9 Å². The zero-order valence-electron chi connectivity index (χ0n) is 9.85. The lowest BCUT2D eigenvalue weighted by Gasteiger charge is -2.22. The molecule has 0 atom stereocenters. The summed E-state index contributed by atoms with van der Waals surface area (Å²) in [6.07, 6.45) is -11.4. The number of carbonyl (C=O) groups is 1. The minimum absolute atomic E-state index is 0.140. The molecule has 0 heterocycles. The summed E-state index contributed by atoms with van der Waals surface area (Å²) in [5, 5.41) is 1.62. The van der Waals surface area contributed by atoms with Crippen molar-refractivity contribution in [3.05, 3.63) is 29.8 Å². The van der Waals surface area contributed by atoms with Gasteiger partial charge in [-0.25, -0.2) is 0 Å². The van der Waals surface area contributed by atoms with Crippen LogP contribution in [0.25, 0.3) is 0 Å². The Labute approximate surface area is 109 Å². The van der Waals surface area contributed by atoms with Crippen molar-refractivity contribution >= 4 is 11.6 Å². The predicted octanol–water partition coefficient (Wildman–Crippen LogP) is 2.82. The van der Waals surface area contributed by atoms with E-state index in [1.165, 1.54) is 24.3 Å². The van der Waals surface area contributed by atoms with Gasteiger partial charge in [-0.2, -0.15) is 26.3 Å². The topological polar surface area (TPSA) is 55.1 Å². The molecular formula is C11H10F6N2O. The summed E-state index contributed by atoms with van der Waals surface area (Å²) >= 11 is 0. The fraction of sp³-hybridized carbons (Fsp3) is 0.364. The average molecular weight is 300 g/mol. The Bertz CT molecular complexity index is 469. The fourth-order valence-corrected chi connectivity index (χ4v) is 1.51. The van der Waals surface area contributed by atoms with Crippen molar-refractivity contribution in [1.29, 1.82) is 0 Å². The van der Waals surface area contributed by atoms with Crippen LogP contribution in [0.15, 0.2) is 24.3 Å². The standard InChI is InChI=1S/C11H10F6N2O/c12-10(13,14)8(11(15,16)17)9(20)19-7-4-2-1-3-6(7)5-18/h1-4,8H,5,18H2,(H,19,20). The van der Waals surface area contributed by atoms with Crippen LogP contribution in [0.3, 0.4) is 0 Å². The van der Waals surface area contributed by atoms with Crippen molar-refractivity contribution < 1.29 is 31.1 Å². The summed E-state index contributed by atoms with van der Waals surface area (Å²) < 4.78 is 74.1. The van der Waals surface area contributed by atoms with Crippen LogP contribution in [0, 0.1) is 5.92 Å². The summed E-state index contributed by atoms with van der Waals surface area (Å²) in [5.74, 6) is -6.27. The molecule has 1 aromatic rings. The number of nitrogens with two attached hydrogens (primary N) is 1. The van der Waals surface area contributed by atoms with Gasteiger partial charge in [0.1, 0.15) is 0 Å². The van der Waals surface area contributed by atoms with Gasteiger partial charge < -0.3 is 11.1 Å². The lowest BCUT2D eigenvalue weighted by molar-refractivity contribution is -0.272. The van der Waals surface area contributed by atoms with Gasteiger partial charge in [-0.05, 0) is 11.6 Å². The molecular weight excluding hydrogens is 290 g/mol. The molecule has 1 amide bonds. The van der Waals surface area contributed by atoms with Crippen LogP contribution >= 0.6 is 0 Å². The van der Waals surface area contributed by atoms with Gasteiger partial charge in [0.05, 0.1) is 0 Å². The second-order valence-corrected chi connectivity index (χ2v) is 3.87. The van der Waals surface area contributed by atoms with Crippen molar-refractivity contribution in [2.24, 2.45) is 11.7 Å². The SMILES string of the molecule is NCc1ccccc1NC(=O)C(C(F)(F)F)C(F)(F)F. The number of amides is 1. The molecule has 0 saturated carbocycles. The van der Waals surface area contributed by atoms with E-state index in [-0.39, 0.29) is 17.8 Å². The summed E-state index contributed by atoms with van der Waals surface area (Å²) in [4.78, 5) is 11.3. The zero-order valence-corrected chi connectivity index (χ0v) is 9.85. The number of halogens is 6. The van der Waals surface area contributed by atoms with E-state index in [9.17, 15) is 31.1 Å². The van der Waals surface area contributed by atoms with Crippen molar-refractivity contribution in [1.82, 2.24) is 0 Å². The number of benzene rings is 1. The molecule has 3 N–H and O–H groups in total. The highest BCUT2D eigenvalue weighted by Crippen LogP contribution is 2.40. The second kappa shape index (κ2) is 5.70. The Morgan fingerprint density at radius 2 is 1.60 bits per heavy atom. The van der Waals surface area contributed by atoms with E-state index in [2.05, 4.69) is 0 Å². The van der Waals surface area contributed by atoms with Gasteiger partial charge in [0.15, 0.2) is 0 Å². The van der Waals surface area contributed by atoms with Crippen molar-refractivity contribution in [2.75, 3.05) is 5.32 Å². The first kappa shape index (κ1) is 16.3. The van der Waals surface area contributed by atoms with Crippen LogP contribution in [-0.4, -0.2) is 18.3 Å². The number of para-hydroxylation sites is 1. The van der Waals surface area contributed by atoms with E-state index in [1.807, 2.05) is 0 Å². The van der Waals surface area contributed by atoms with Gasteiger partial charge in [-0.1, -0.05) is 18.2 Å². The lowest BCUT2D eigenvalue weighted by atomic mass is 10.1. The Kier molecular flexibility index (Phi) is 4.64. The average Bonchev–Trinajstić information content (AvgIpc) is 2.25. The number of alkyl halides is 6. The minimum Gasteiger partial charge on any atom is -0.326 e. The highest BCUT2D eigenvalue weighted by Gasteiger charge is 2.61. The second-order valence-electron chi connectivity index (χ2n) is 3.87. The lowest BCUT2D eigenvalue weighted by Crippen LogP contribution is -2.45. The van der Waals surface area contributed by atoms with E-state index in [0.29, 0.717) is 0 Å². The molecule has 1 aromatic carbocycles. The molecule has 0 unspecified atom stereocenters. The van der Waals surface area contributed by atoms with E-state index in [4.69, 9.17) is 5.73 Å². The Hall–Kier alpha value is -1.77. The third kappa shape index (κ3) is 3.86. The van der Waals surface area contributed by atoms with E-state index in [0.717, 1.165) is 0 Å². The van der Waals surface area contributed by atoms with Crippen LogP contribution in [0.1, 0.15) is 5.56 Å². The van der Waals surface area contributed by atoms with Crippen molar-refractivity contribution in [3.63, 3.8) is 0 Å². The van der Waals surface area contributed by atoms with Gasteiger partial charge in [-0.15, -0.1) is 0 Å². The minimum atomic E-state index is -5.72. The molecule has 0 bridgehead atoms. The molecule has 9 heteroatoms. The smallest absolute Gasteiger partial charge is 0.326 e. The highest BCUT2D eigenvalue weighted by molar-refractivity contribution is 5.94. The Morgan fingerprint density at radius 3 is 2.05 bits per heavy atom. The van der Waals surface area contributed by atoms with Gasteiger partial charge in [0.25, 0.3) is 0 Å². The normalized spacial score (nSPS) is 12.6. The molecule has 0 radical (unpaired) electrons. The van der Waals surface area contributed by atoms with Crippen LogP contribution in [0.2, 0.25) is 0 Å². The van der Waals surface area contributed by atoms with Crippen LogP contribution in [-0.2, 0) is 11.3 Å². The summed E-state index contributed by atoms with van der Waals surface area (Å²) in [6.45, 7) is -0.140.